The first-order valence-corrected chi connectivity index (χ1v) is 5.90. The van der Waals surface area contributed by atoms with E-state index >= 15 is 0 Å². The van der Waals surface area contributed by atoms with Gasteiger partial charge in [-0.3, -0.25) is 0 Å². The van der Waals surface area contributed by atoms with Gasteiger partial charge in [-0.05, 0) is 35.9 Å². The molecule has 0 heterocycles. The Kier molecular flexibility index (Phi) is 3.76. The fourth-order valence-electron chi connectivity index (χ4n) is 1.45. The summed E-state index contributed by atoms with van der Waals surface area (Å²) in [6.45, 7) is 0.410. The number of rotatable bonds is 3. The zero-order valence-corrected chi connectivity index (χ0v) is 10.6. The second kappa shape index (κ2) is 5.29. The number of ether oxygens (including phenoxy) is 1. The summed E-state index contributed by atoms with van der Waals surface area (Å²) in [5.74, 6) is 0.375. The number of nitrogens with two attached hydrogens (primary N) is 1. The van der Waals surface area contributed by atoms with Crippen LogP contribution in [0.3, 0.4) is 0 Å². The summed E-state index contributed by atoms with van der Waals surface area (Å²) in [6.07, 6.45) is 0. The van der Waals surface area contributed by atoms with E-state index in [-0.39, 0.29) is 11.6 Å². The van der Waals surface area contributed by atoms with E-state index in [1.54, 1.807) is 30.3 Å². The fourth-order valence-corrected chi connectivity index (χ4v) is 1.97. The third-order valence-electron chi connectivity index (χ3n) is 2.23. The van der Waals surface area contributed by atoms with Gasteiger partial charge in [0.2, 0.25) is 0 Å². The van der Waals surface area contributed by atoms with Crippen LogP contribution in [0.5, 0.6) is 11.5 Å². The summed E-state index contributed by atoms with van der Waals surface area (Å²) in [5, 5.41) is 0. The average Bonchev–Trinajstić information content (AvgIpc) is 2.31. The Balaban J connectivity index is 2.30. The normalized spacial score (nSPS) is 10.3. The Morgan fingerprint density at radius 3 is 2.65 bits per heavy atom. The van der Waals surface area contributed by atoms with Crippen LogP contribution in [0.15, 0.2) is 46.9 Å². The highest BCUT2D eigenvalue weighted by atomic mass is 79.9. The lowest BCUT2D eigenvalue weighted by Crippen LogP contribution is -1.97. The van der Waals surface area contributed by atoms with Crippen molar-refractivity contribution < 1.29 is 9.13 Å². The molecule has 0 atom stereocenters. The van der Waals surface area contributed by atoms with Crippen LogP contribution in [0.25, 0.3) is 0 Å². The standard InChI is InChI=1S/C13H11BrFNO/c14-10-5-9(8-16)6-11(7-10)17-13-4-2-1-3-12(13)15/h1-7H,8,16H2. The minimum atomic E-state index is -0.387. The zero-order valence-electron chi connectivity index (χ0n) is 8.99. The SMILES string of the molecule is NCc1cc(Br)cc(Oc2ccccc2F)c1. The summed E-state index contributed by atoms with van der Waals surface area (Å²) in [5.41, 5.74) is 6.48. The van der Waals surface area contributed by atoms with E-state index in [1.165, 1.54) is 6.07 Å². The van der Waals surface area contributed by atoms with Crippen molar-refractivity contribution in [1.29, 1.82) is 0 Å². The smallest absolute Gasteiger partial charge is 0.165 e. The van der Waals surface area contributed by atoms with Gasteiger partial charge in [0.05, 0.1) is 0 Å². The molecule has 0 unspecified atom stereocenters. The predicted molar refractivity (Wildman–Crippen MR) is 68.5 cm³/mol. The minimum Gasteiger partial charge on any atom is -0.454 e. The lowest BCUT2D eigenvalue weighted by molar-refractivity contribution is 0.441. The molecule has 2 aromatic carbocycles. The van der Waals surface area contributed by atoms with Crippen molar-refractivity contribution in [1.82, 2.24) is 0 Å². The second-order valence-corrected chi connectivity index (χ2v) is 4.45. The van der Waals surface area contributed by atoms with Gasteiger partial charge in [-0.25, -0.2) is 4.39 Å². The van der Waals surface area contributed by atoms with E-state index in [1.807, 2.05) is 6.07 Å². The van der Waals surface area contributed by atoms with E-state index in [0.29, 0.717) is 12.3 Å². The molecule has 0 aliphatic heterocycles. The van der Waals surface area contributed by atoms with Gasteiger partial charge in [0, 0.05) is 11.0 Å². The third kappa shape index (κ3) is 3.05. The molecule has 88 valence electrons. The molecule has 0 saturated carbocycles. The van der Waals surface area contributed by atoms with E-state index in [4.69, 9.17) is 10.5 Å². The van der Waals surface area contributed by atoms with E-state index in [9.17, 15) is 4.39 Å². The molecular formula is C13H11BrFNO. The maximum absolute atomic E-state index is 13.4. The van der Waals surface area contributed by atoms with Crippen molar-refractivity contribution in [3.05, 3.63) is 58.3 Å². The molecular weight excluding hydrogens is 285 g/mol. The Hall–Kier alpha value is -1.39. The molecule has 0 radical (unpaired) electrons. The molecule has 0 aliphatic carbocycles. The Morgan fingerprint density at radius 2 is 1.94 bits per heavy atom. The number of hydrogen-bond acceptors (Lipinski definition) is 2. The first kappa shape index (κ1) is 12.1. The van der Waals surface area contributed by atoms with Gasteiger partial charge in [-0.1, -0.05) is 28.1 Å². The van der Waals surface area contributed by atoms with Crippen LogP contribution in [0.1, 0.15) is 5.56 Å². The molecule has 0 aromatic heterocycles. The van der Waals surface area contributed by atoms with Gasteiger partial charge in [0.25, 0.3) is 0 Å². The van der Waals surface area contributed by atoms with Crippen LogP contribution >= 0.6 is 15.9 Å². The first-order chi connectivity index (χ1) is 8.19. The highest BCUT2D eigenvalue weighted by Crippen LogP contribution is 2.27. The highest BCUT2D eigenvalue weighted by Gasteiger charge is 2.05. The molecule has 2 nitrogen and oxygen atoms in total. The molecule has 2 N–H and O–H groups in total. The third-order valence-corrected chi connectivity index (χ3v) is 2.69. The average molecular weight is 296 g/mol. The second-order valence-electron chi connectivity index (χ2n) is 3.53. The molecule has 17 heavy (non-hydrogen) atoms. The van der Waals surface area contributed by atoms with Crippen molar-refractivity contribution in [3.63, 3.8) is 0 Å². The maximum atomic E-state index is 13.4. The molecule has 0 amide bonds. The van der Waals surface area contributed by atoms with Gasteiger partial charge in [-0.2, -0.15) is 0 Å². The van der Waals surface area contributed by atoms with Crippen molar-refractivity contribution in [2.45, 2.75) is 6.54 Å². The van der Waals surface area contributed by atoms with E-state index < -0.39 is 0 Å². The van der Waals surface area contributed by atoms with Crippen LogP contribution in [0, 0.1) is 5.82 Å². The molecule has 0 aliphatic rings. The van der Waals surface area contributed by atoms with Crippen LogP contribution in [0.4, 0.5) is 4.39 Å². The van der Waals surface area contributed by atoms with Crippen molar-refractivity contribution in [2.24, 2.45) is 5.73 Å². The van der Waals surface area contributed by atoms with Crippen LogP contribution in [-0.2, 0) is 6.54 Å². The number of para-hydroxylation sites is 1. The summed E-state index contributed by atoms with van der Waals surface area (Å²) in [6, 6.07) is 11.7. The van der Waals surface area contributed by atoms with Crippen LogP contribution < -0.4 is 10.5 Å². The van der Waals surface area contributed by atoms with E-state index in [0.717, 1.165) is 10.0 Å². The molecule has 2 rings (SSSR count). The highest BCUT2D eigenvalue weighted by molar-refractivity contribution is 9.10. The molecule has 0 fully saturated rings. The monoisotopic (exact) mass is 295 g/mol. The Bertz CT molecular complexity index is 531. The number of halogens is 2. The largest absolute Gasteiger partial charge is 0.454 e. The Morgan fingerprint density at radius 1 is 1.18 bits per heavy atom. The maximum Gasteiger partial charge on any atom is 0.165 e. The van der Waals surface area contributed by atoms with Gasteiger partial charge in [0.15, 0.2) is 11.6 Å². The lowest BCUT2D eigenvalue weighted by atomic mass is 10.2. The number of benzene rings is 2. The van der Waals surface area contributed by atoms with Gasteiger partial charge in [0.1, 0.15) is 5.75 Å². The summed E-state index contributed by atoms with van der Waals surface area (Å²) in [7, 11) is 0. The summed E-state index contributed by atoms with van der Waals surface area (Å²) < 4.78 is 19.7. The van der Waals surface area contributed by atoms with E-state index in [2.05, 4.69) is 15.9 Å². The summed E-state index contributed by atoms with van der Waals surface area (Å²) in [4.78, 5) is 0. The van der Waals surface area contributed by atoms with Gasteiger partial charge >= 0.3 is 0 Å². The molecule has 0 saturated heterocycles. The quantitative estimate of drug-likeness (QED) is 0.934. The number of hydrogen-bond donors (Lipinski definition) is 1. The molecule has 4 heteroatoms. The molecule has 0 spiro atoms. The Labute approximate surface area is 107 Å². The minimum absolute atomic E-state index is 0.202. The molecule has 0 bridgehead atoms. The van der Waals surface area contributed by atoms with Crippen LogP contribution in [0.2, 0.25) is 0 Å². The topological polar surface area (TPSA) is 35.2 Å². The van der Waals surface area contributed by atoms with Gasteiger partial charge in [-0.15, -0.1) is 0 Å². The summed E-state index contributed by atoms with van der Waals surface area (Å²) >= 11 is 3.36. The molecule has 2 aromatic rings. The van der Waals surface area contributed by atoms with Crippen LogP contribution in [-0.4, -0.2) is 0 Å². The van der Waals surface area contributed by atoms with Crippen molar-refractivity contribution >= 4 is 15.9 Å². The van der Waals surface area contributed by atoms with Crippen molar-refractivity contribution in [2.75, 3.05) is 0 Å². The van der Waals surface area contributed by atoms with Gasteiger partial charge < -0.3 is 10.5 Å². The zero-order chi connectivity index (χ0) is 12.3. The lowest BCUT2D eigenvalue weighted by Gasteiger charge is -2.08. The predicted octanol–water partition coefficient (Wildman–Crippen LogP) is 3.84. The fraction of sp³-hybridized carbons (Fsp3) is 0.0769. The van der Waals surface area contributed by atoms with Crippen molar-refractivity contribution in [3.8, 4) is 11.5 Å². The first-order valence-electron chi connectivity index (χ1n) is 5.11.